The van der Waals surface area contributed by atoms with Crippen molar-refractivity contribution in [3.05, 3.63) is 81.4 Å². The molecule has 0 radical (unpaired) electrons. The van der Waals surface area contributed by atoms with E-state index in [1.165, 1.54) is 11.8 Å². The number of ether oxygens (including phenoxy) is 1. The third-order valence-corrected chi connectivity index (χ3v) is 5.37. The number of carbonyl (C=O) groups excluding carboxylic acids is 1. The average Bonchev–Trinajstić information content (AvgIpc) is 3.06. The molecule has 0 bridgehead atoms. The Kier molecular flexibility index (Phi) is 6.01. The van der Waals surface area contributed by atoms with Gasteiger partial charge in [-0.2, -0.15) is 9.37 Å². The second-order valence-electron chi connectivity index (χ2n) is 6.74. The topological polar surface area (TPSA) is 76.5 Å². The third-order valence-electron chi connectivity index (χ3n) is 4.28. The number of nitrogens with one attached hydrogen (secondary N) is 1. The van der Waals surface area contributed by atoms with Gasteiger partial charge in [0.15, 0.2) is 5.17 Å². The summed E-state index contributed by atoms with van der Waals surface area (Å²) in [6, 6.07) is 12.8. The predicted octanol–water partition coefficient (Wildman–Crippen LogP) is 5.57. The molecule has 0 spiro atoms. The first kappa shape index (κ1) is 21.0. The molecule has 1 aliphatic rings. The number of amidine groups is 1. The van der Waals surface area contributed by atoms with Crippen LogP contribution in [0.5, 0.6) is 11.6 Å². The summed E-state index contributed by atoms with van der Waals surface area (Å²) >= 11 is 6.94. The van der Waals surface area contributed by atoms with Crippen molar-refractivity contribution in [1.82, 2.24) is 15.3 Å². The Balaban J connectivity index is 1.55. The fourth-order valence-corrected chi connectivity index (χ4v) is 3.81. The number of hydrogen-bond donors (Lipinski definition) is 1. The van der Waals surface area contributed by atoms with Gasteiger partial charge in [-0.3, -0.25) is 4.79 Å². The molecule has 0 aliphatic carbocycles. The lowest BCUT2D eigenvalue weighted by Gasteiger charge is -2.06. The molecule has 1 N–H and O–H groups in total. The average molecular weight is 455 g/mol. The molecule has 9 heteroatoms. The van der Waals surface area contributed by atoms with Gasteiger partial charge in [-0.15, -0.1) is 0 Å². The minimum absolute atomic E-state index is 0.121. The van der Waals surface area contributed by atoms with Crippen LogP contribution in [0, 0.1) is 19.7 Å². The standard InChI is InChI=1S/C22H16ClFN4O2S/c1-12-6-7-17(13(2)8-12)26-22-27-19(29)18(31-22)10-14-4-3-5-15(9-14)30-20-16(24)11-25-21(23)28-20/h3-11H,1-2H3,(H,26,27,29)/b18-10-. The highest BCUT2D eigenvalue weighted by Gasteiger charge is 2.24. The summed E-state index contributed by atoms with van der Waals surface area (Å²) in [4.78, 5) is 24.7. The van der Waals surface area contributed by atoms with Gasteiger partial charge in [0, 0.05) is 0 Å². The molecule has 3 aromatic rings. The lowest BCUT2D eigenvalue weighted by atomic mass is 10.1. The number of thioether (sulfide) groups is 1. The van der Waals surface area contributed by atoms with Gasteiger partial charge in [0.05, 0.1) is 16.8 Å². The zero-order valence-corrected chi connectivity index (χ0v) is 18.1. The summed E-state index contributed by atoms with van der Waals surface area (Å²) < 4.78 is 19.3. The second-order valence-corrected chi connectivity index (χ2v) is 8.11. The maximum absolute atomic E-state index is 13.8. The number of nitrogens with zero attached hydrogens (tertiary/aromatic N) is 3. The van der Waals surface area contributed by atoms with E-state index in [9.17, 15) is 9.18 Å². The molecule has 0 atom stereocenters. The number of carbonyl (C=O) groups is 1. The molecule has 0 saturated carbocycles. The minimum atomic E-state index is -0.730. The first-order chi connectivity index (χ1) is 14.9. The summed E-state index contributed by atoms with van der Waals surface area (Å²) in [6.07, 6.45) is 2.65. The molecule has 2 aromatic carbocycles. The first-order valence-corrected chi connectivity index (χ1v) is 10.4. The SMILES string of the molecule is Cc1ccc(N=C2NC(=O)/C(=C/c3cccc(Oc4nc(Cl)ncc4F)c3)S2)c(C)c1. The Morgan fingerprint density at radius 3 is 2.87 bits per heavy atom. The molecule has 1 aromatic heterocycles. The van der Waals surface area contributed by atoms with Crippen LogP contribution in [0.4, 0.5) is 10.1 Å². The predicted molar refractivity (Wildman–Crippen MR) is 120 cm³/mol. The lowest BCUT2D eigenvalue weighted by Crippen LogP contribution is -2.19. The quantitative estimate of drug-likeness (QED) is 0.412. The Morgan fingerprint density at radius 1 is 1.23 bits per heavy atom. The van der Waals surface area contributed by atoms with Gasteiger partial charge in [-0.1, -0.05) is 29.8 Å². The number of aryl methyl sites for hydroxylation is 2. The molecular formula is C22H16ClFN4O2S. The summed E-state index contributed by atoms with van der Waals surface area (Å²) in [7, 11) is 0. The molecule has 2 heterocycles. The van der Waals surface area contributed by atoms with Crippen molar-refractivity contribution in [1.29, 1.82) is 0 Å². The Hall–Kier alpha value is -3.23. The number of benzene rings is 2. The van der Waals surface area contributed by atoms with Crippen molar-refractivity contribution < 1.29 is 13.9 Å². The van der Waals surface area contributed by atoms with Gasteiger partial charge in [0.2, 0.25) is 11.1 Å². The smallest absolute Gasteiger partial charge is 0.264 e. The summed E-state index contributed by atoms with van der Waals surface area (Å²) in [5, 5.41) is 3.16. The molecule has 156 valence electrons. The Morgan fingerprint density at radius 2 is 2.06 bits per heavy atom. The Labute approximate surface area is 187 Å². The van der Waals surface area contributed by atoms with E-state index in [4.69, 9.17) is 16.3 Å². The normalized spacial score (nSPS) is 16.1. The Bertz CT molecular complexity index is 1250. The molecular weight excluding hydrogens is 439 g/mol. The number of aliphatic imine (C=N–C) groups is 1. The fourth-order valence-electron chi connectivity index (χ4n) is 2.85. The maximum Gasteiger partial charge on any atom is 0.264 e. The summed E-state index contributed by atoms with van der Waals surface area (Å²) in [5.41, 5.74) is 3.68. The minimum Gasteiger partial charge on any atom is -0.436 e. The van der Waals surface area contributed by atoms with Crippen LogP contribution in [0.15, 0.2) is 58.6 Å². The molecule has 1 amide bonds. The molecule has 31 heavy (non-hydrogen) atoms. The largest absolute Gasteiger partial charge is 0.436 e. The third kappa shape index (κ3) is 5.10. The number of hydrogen-bond acceptors (Lipinski definition) is 6. The van der Waals surface area contributed by atoms with Gasteiger partial charge in [-0.25, -0.2) is 9.98 Å². The van der Waals surface area contributed by atoms with E-state index in [-0.39, 0.29) is 17.1 Å². The van der Waals surface area contributed by atoms with Gasteiger partial charge in [0.25, 0.3) is 11.8 Å². The van der Waals surface area contributed by atoms with Crippen LogP contribution < -0.4 is 10.1 Å². The van der Waals surface area contributed by atoms with E-state index < -0.39 is 5.82 Å². The zero-order chi connectivity index (χ0) is 22.0. The molecule has 1 fully saturated rings. The summed E-state index contributed by atoms with van der Waals surface area (Å²) in [5.74, 6) is -0.907. The fraction of sp³-hybridized carbons (Fsp3) is 0.0909. The van der Waals surface area contributed by atoms with Gasteiger partial charge < -0.3 is 10.1 Å². The van der Waals surface area contributed by atoms with E-state index in [1.54, 1.807) is 30.3 Å². The van der Waals surface area contributed by atoms with Gasteiger partial charge in [-0.05, 0) is 72.6 Å². The molecule has 1 aliphatic heterocycles. The highest BCUT2D eigenvalue weighted by Crippen LogP contribution is 2.30. The number of aromatic nitrogens is 2. The van der Waals surface area contributed by atoms with E-state index in [0.717, 1.165) is 23.0 Å². The van der Waals surface area contributed by atoms with Crippen LogP contribution in [0.3, 0.4) is 0 Å². The zero-order valence-electron chi connectivity index (χ0n) is 16.5. The van der Waals surface area contributed by atoms with Crippen molar-refractivity contribution in [3.63, 3.8) is 0 Å². The van der Waals surface area contributed by atoms with Crippen LogP contribution in [0.25, 0.3) is 6.08 Å². The van der Waals surface area contributed by atoms with Crippen molar-refractivity contribution in [3.8, 4) is 11.6 Å². The number of rotatable bonds is 4. The van der Waals surface area contributed by atoms with Crippen LogP contribution in [0.1, 0.15) is 16.7 Å². The van der Waals surface area contributed by atoms with E-state index in [2.05, 4.69) is 20.3 Å². The van der Waals surface area contributed by atoms with Crippen LogP contribution >= 0.6 is 23.4 Å². The monoisotopic (exact) mass is 454 g/mol. The van der Waals surface area contributed by atoms with Crippen molar-refractivity contribution in [2.45, 2.75) is 13.8 Å². The van der Waals surface area contributed by atoms with E-state index in [0.29, 0.717) is 21.4 Å². The van der Waals surface area contributed by atoms with E-state index in [1.807, 2.05) is 32.0 Å². The second kappa shape index (κ2) is 8.87. The molecule has 1 saturated heterocycles. The number of halogens is 2. The lowest BCUT2D eigenvalue weighted by molar-refractivity contribution is -0.115. The molecule has 0 unspecified atom stereocenters. The van der Waals surface area contributed by atoms with Crippen LogP contribution in [-0.4, -0.2) is 21.0 Å². The van der Waals surface area contributed by atoms with Crippen LogP contribution in [-0.2, 0) is 4.79 Å². The molecule has 4 rings (SSSR count). The van der Waals surface area contributed by atoms with Gasteiger partial charge >= 0.3 is 0 Å². The van der Waals surface area contributed by atoms with Crippen molar-refractivity contribution in [2.24, 2.45) is 4.99 Å². The van der Waals surface area contributed by atoms with Crippen molar-refractivity contribution >= 4 is 46.2 Å². The van der Waals surface area contributed by atoms with E-state index >= 15 is 0 Å². The van der Waals surface area contributed by atoms with Crippen molar-refractivity contribution in [2.75, 3.05) is 0 Å². The summed E-state index contributed by atoms with van der Waals surface area (Å²) in [6.45, 7) is 3.99. The molecule has 6 nitrogen and oxygen atoms in total. The first-order valence-electron chi connectivity index (χ1n) is 9.20. The highest BCUT2D eigenvalue weighted by molar-refractivity contribution is 8.18. The highest BCUT2D eigenvalue weighted by atomic mass is 35.5. The number of amides is 1. The van der Waals surface area contributed by atoms with Crippen LogP contribution in [0.2, 0.25) is 5.28 Å². The van der Waals surface area contributed by atoms with Gasteiger partial charge in [0.1, 0.15) is 5.75 Å². The maximum atomic E-state index is 13.8.